The van der Waals surface area contributed by atoms with Crippen molar-refractivity contribution in [2.75, 3.05) is 0 Å². The Labute approximate surface area is 91.8 Å². The summed E-state index contributed by atoms with van der Waals surface area (Å²) in [5, 5.41) is 9.75. The summed E-state index contributed by atoms with van der Waals surface area (Å²) in [5.74, 6) is -0.144. The van der Waals surface area contributed by atoms with Gasteiger partial charge in [0.25, 0.3) is 0 Å². The molecule has 0 aromatic heterocycles. The summed E-state index contributed by atoms with van der Waals surface area (Å²) in [6.07, 6.45) is 2.98. The van der Waals surface area contributed by atoms with Crippen LogP contribution in [0.3, 0.4) is 0 Å². The third kappa shape index (κ3) is 3.82. The molecule has 1 fully saturated rings. The lowest BCUT2D eigenvalue weighted by atomic mass is 9.85. The highest BCUT2D eigenvalue weighted by Crippen LogP contribution is 2.30. The van der Waals surface area contributed by atoms with Crippen LogP contribution < -0.4 is 0 Å². The molecule has 0 aromatic carbocycles. The minimum atomic E-state index is -0.565. The van der Waals surface area contributed by atoms with Gasteiger partial charge >= 0.3 is 5.97 Å². The minimum Gasteiger partial charge on any atom is -0.462 e. The molecule has 1 saturated carbocycles. The first kappa shape index (κ1) is 12.5. The fraction of sp³-hybridized carbons (Fsp3) is 0.917. The molecule has 88 valence electrons. The van der Waals surface area contributed by atoms with E-state index in [0.717, 1.165) is 25.7 Å². The zero-order valence-electron chi connectivity index (χ0n) is 10.2. The van der Waals surface area contributed by atoms with E-state index in [-0.39, 0.29) is 12.1 Å². The molecule has 0 saturated heterocycles. The molecule has 0 spiro atoms. The maximum absolute atomic E-state index is 11.6. The maximum atomic E-state index is 11.6. The molecule has 1 N–H and O–H groups in total. The molecule has 15 heavy (non-hydrogen) atoms. The molecule has 3 nitrogen and oxygen atoms in total. The SMILES string of the molecule is CC(C)(C)C(=O)O[C@H]1CC[C@@](C)(O)CC1. The van der Waals surface area contributed by atoms with Gasteiger partial charge in [-0.2, -0.15) is 0 Å². The largest absolute Gasteiger partial charge is 0.462 e. The van der Waals surface area contributed by atoms with Crippen molar-refractivity contribution < 1.29 is 14.6 Å². The lowest BCUT2D eigenvalue weighted by Gasteiger charge is -2.33. The van der Waals surface area contributed by atoms with E-state index < -0.39 is 11.0 Å². The molecular formula is C12H22O3. The van der Waals surface area contributed by atoms with Gasteiger partial charge in [-0.1, -0.05) is 0 Å². The Morgan fingerprint density at radius 1 is 1.33 bits per heavy atom. The molecule has 0 amide bonds. The Morgan fingerprint density at radius 3 is 2.20 bits per heavy atom. The minimum absolute atomic E-state index is 0.00282. The third-order valence-electron chi connectivity index (χ3n) is 2.90. The highest BCUT2D eigenvalue weighted by atomic mass is 16.5. The Hall–Kier alpha value is -0.570. The number of carbonyl (C=O) groups is 1. The van der Waals surface area contributed by atoms with Crippen LogP contribution in [0.15, 0.2) is 0 Å². The van der Waals surface area contributed by atoms with E-state index in [2.05, 4.69) is 0 Å². The van der Waals surface area contributed by atoms with Crippen molar-refractivity contribution in [3.05, 3.63) is 0 Å². The molecule has 0 radical (unpaired) electrons. The standard InChI is InChI=1S/C12H22O3/c1-11(2,3)10(13)15-9-5-7-12(4,14)8-6-9/h9,14H,5-8H2,1-4H3/t9-,12+. The molecule has 0 heterocycles. The number of rotatable bonds is 1. The highest BCUT2D eigenvalue weighted by Gasteiger charge is 2.32. The Kier molecular flexibility index (Phi) is 3.44. The van der Waals surface area contributed by atoms with E-state index >= 15 is 0 Å². The number of hydrogen-bond acceptors (Lipinski definition) is 3. The Balaban J connectivity index is 2.40. The van der Waals surface area contributed by atoms with Crippen molar-refractivity contribution in [1.29, 1.82) is 0 Å². The van der Waals surface area contributed by atoms with Crippen LogP contribution in [0, 0.1) is 5.41 Å². The van der Waals surface area contributed by atoms with E-state index in [1.807, 2.05) is 27.7 Å². The van der Waals surface area contributed by atoms with Gasteiger partial charge in [-0.05, 0) is 53.4 Å². The van der Waals surface area contributed by atoms with Gasteiger partial charge in [0.05, 0.1) is 11.0 Å². The molecule has 3 heteroatoms. The van der Waals surface area contributed by atoms with Crippen LogP contribution in [0.1, 0.15) is 53.4 Å². The monoisotopic (exact) mass is 214 g/mol. The van der Waals surface area contributed by atoms with E-state index in [4.69, 9.17) is 4.74 Å². The normalized spacial score (nSPS) is 32.5. The number of hydrogen-bond donors (Lipinski definition) is 1. The first-order valence-corrected chi connectivity index (χ1v) is 5.64. The van der Waals surface area contributed by atoms with Crippen LogP contribution in [-0.4, -0.2) is 22.8 Å². The van der Waals surface area contributed by atoms with Gasteiger partial charge in [0, 0.05) is 0 Å². The van der Waals surface area contributed by atoms with Gasteiger partial charge < -0.3 is 9.84 Å². The lowest BCUT2D eigenvalue weighted by molar-refractivity contribution is -0.162. The molecule has 1 aliphatic carbocycles. The average molecular weight is 214 g/mol. The summed E-state index contributed by atoms with van der Waals surface area (Å²) in [6.45, 7) is 7.41. The maximum Gasteiger partial charge on any atom is 0.311 e. The molecule has 0 aromatic rings. The van der Waals surface area contributed by atoms with Gasteiger partial charge in [0.2, 0.25) is 0 Å². The van der Waals surface area contributed by atoms with Crippen LogP contribution in [0.4, 0.5) is 0 Å². The molecule has 0 unspecified atom stereocenters. The van der Waals surface area contributed by atoms with E-state index in [1.165, 1.54) is 0 Å². The van der Waals surface area contributed by atoms with Gasteiger partial charge in [0.15, 0.2) is 0 Å². The second-order valence-corrected chi connectivity index (χ2v) is 5.85. The fourth-order valence-corrected chi connectivity index (χ4v) is 1.66. The van der Waals surface area contributed by atoms with Crippen molar-refractivity contribution in [3.63, 3.8) is 0 Å². The molecular weight excluding hydrogens is 192 g/mol. The second kappa shape index (κ2) is 4.12. The summed E-state index contributed by atoms with van der Waals surface area (Å²) in [5.41, 5.74) is -0.995. The van der Waals surface area contributed by atoms with Crippen LogP contribution in [0.25, 0.3) is 0 Å². The number of aliphatic hydroxyl groups is 1. The van der Waals surface area contributed by atoms with Crippen molar-refractivity contribution in [2.24, 2.45) is 5.41 Å². The van der Waals surface area contributed by atoms with Crippen molar-refractivity contribution >= 4 is 5.97 Å². The fourth-order valence-electron chi connectivity index (χ4n) is 1.66. The summed E-state index contributed by atoms with van der Waals surface area (Å²) < 4.78 is 5.40. The van der Waals surface area contributed by atoms with E-state index in [9.17, 15) is 9.90 Å². The molecule has 0 bridgehead atoms. The van der Waals surface area contributed by atoms with Gasteiger partial charge in [0.1, 0.15) is 6.10 Å². The van der Waals surface area contributed by atoms with Crippen LogP contribution in [-0.2, 0) is 9.53 Å². The molecule has 1 rings (SSSR count). The van der Waals surface area contributed by atoms with Gasteiger partial charge in [-0.25, -0.2) is 0 Å². The highest BCUT2D eigenvalue weighted by molar-refractivity contribution is 5.75. The summed E-state index contributed by atoms with van der Waals surface area (Å²) >= 11 is 0. The van der Waals surface area contributed by atoms with E-state index in [1.54, 1.807) is 0 Å². The Morgan fingerprint density at radius 2 is 1.80 bits per heavy atom. The summed E-state index contributed by atoms with van der Waals surface area (Å²) in [7, 11) is 0. The zero-order chi connectivity index (χ0) is 11.7. The first-order valence-electron chi connectivity index (χ1n) is 5.64. The Bertz CT molecular complexity index is 228. The molecule has 1 aliphatic rings. The van der Waals surface area contributed by atoms with Crippen LogP contribution >= 0.6 is 0 Å². The van der Waals surface area contributed by atoms with Crippen molar-refractivity contribution in [3.8, 4) is 0 Å². The van der Waals surface area contributed by atoms with E-state index in [0.29, 0.717) is 0 Å². The third-order valence-corrected chi connectivity index (χ3v) is 2.90. The quantitative estimate of drug-likeness (QED) is 0.681. The summed E-state index contributed by atoms with van der Waals surface area (Å²) in [4.78, 5) is 11.6. The van der Waals surface area contributed by atoms with Gasteiger partial charge in [-0.15, -0.1) is 0 Å². The number of ether oxygens (including phenoxy) is 1. The number of esters is 1. The van der Waals surface area contributed by atoms with Crippen LogP contribution in [0.2, 0.25) is 0 Å². The van der Waals surface area contributed by atoms with Gasteiger partial charge in [-0.3, -0.25) is 4.79 Å². The second-order valence-electron chi connectivity index (χ2n) is 5.85. The molecule has 0 aliphatic heterocycles. The lowest BCUT2D eigenvalue weighted by Crippen LogP contribution is -2.36. The smallest absolute Gasteiger partial charge is 0.311 e. The first-order chi connectivity index (χ1) is 6.71. The summed E-state index contributed by atoms with van der Waals surface area (Å²) in [6, 6.07) is 0. The van der Waals surface area contributed by atoms with Crippen molar-refractivity contribution in [2.45, 2.75) is 65.1 Å². The van der Waals surface area contributed by atoms with Crippen LogP contribution in [0.5, 0.6) is 0 Å². The molecule has 0 atom stereocenters. The number of carbonyl (C=O) groups excluding carboxylic acids is 1. The topological polar surface area (TPSA) is 46.5 Å². The predicted molar refractivity (Wildman–Crippen MR) is 58.4 cm³/mol. The zero-order valence-corrected chi connectivity index (χ0v) is 10.2. The predicted octanol–water partition coefficient (Wildman–Crippen LogP) is 2.27. The van der Waals surface area contributed by atoms with Crippen molar-refractivity contribution in [1.82, 2.24) is 0 Å². The average Bonchev–Trinajstić information content (AvgIpc) is 2.07.